The molecule has 0 amide bonds. The fraction of sp³-hybridized carbons (Fsp3) is 0.583. The Morgan fingerprint density at radius 1 is 1.24 bits per heavy atom. The number of nitrogens with two attached hydrogens (primary N) is 1. The topological polar surface area (TPSA) is 38.9 Å². The lowest BCUT2D eigenvalue weighted by Gasteiger charge is -2.25. The Morgan fingerprint density at radius 2 is 1.82 bits per heavy atom. The second-order valence-corrected chi connectivity index (χ2v) is 4.59. The van der Waals surface area contributed by atoms with Gasteiger partial charge in [-0.3, -0.25) is 4.98 Å². The highest BCUT2D eigenvalue weighted by atomic mass is 19.4. The average molecular weight is 246 g/mol. The molecule has 0 spiro atoms. The Balaban J connectivity index is 3.14. The van der Waals surface area contributed by atoms with Gasteiger partial charge in [-0.15, -0.1) is 0 Å². The van der Waals surface area contributed by atoms with Crippen molar-refractivity contribution < 1.29 is 13.2 Å². The van der Waals surface area contributed by atoms with Crippen molar-refractivity contribution in [2.75, 3.05) is 0 Å². The first-order chi connectivity index (χ1) is 7.75. The highest BCUT2D eigenvalue weighted by Gasteiger charge is 2.35. The molecule has 1 aromatic rings. The highest BCUT2D eigenvalue weighted by molar-refractivity contribution is 5.29. The van der Waals surface area contributed by atoms with E-state index in [0.717, 1.165) is 12.3 Å². The second-order valence-electron chi connectivity index (χ2n) is 4.59. The number of aromatic nitrogens is 1. The van der Waals surface area contributed by atoms with Crippen LogP contribution in [0, 0.1) is 11.8 Å². The van der Waals surface area contributed by atoms with Crippen LogP contribution in [0.3, 0.4) is 0 Å². The van der Waals surface area contributed by atoms with Gasteiger partial charge in [-0.25, -0.2) is 0 Å². The number of nitrogens with zero attached hydrogens (tertiary/aromatic N) is 1. The molecule has 1 heterocycles. The van der Waals surface area contributed by atoms with Crippen LogP contribution in [-0.4, -0.2) is 4.98 Å². The third kappa shape index (κ3) is 3.19. The number of halogens is 3. The minimum atomic E-state index is -4.38. The van der Waals surface area contributed by atoms with Gasteiger partial charge in [-0.1, -0.05) is 20.8 Å². The minimum absolute atomic E-state index is 0.0414. The van der Waals surface area contributed by atoms with Crippen LogP contribution in [0.4, 0.5) is 13.2 Å². The lowest BCUT2D eigenvalue weighted by molar-refractivity contribution is -0.138. The minimum Gasteiger partial charge on any atom is -0.324 e. The molecule has 0 radical (unpaired) electrons. The number of rotatable bonds is 3. The van der Waals surface area contributed by atoms with E-state index in [9.17, 15) is 13.2 Å². The van der Waals surface area contributed by atoms with Crippen LogP contribution in [0.1, 0.15) is 37.9 Å². The first-order valence-corrected chi connectivity index (χ1v) is 5.51. The number of hydrogen-bond acceptors (Lipinski definition) is 2. The summed E-state index contributed by atoms with van der Waals surface area (Å²) < 4.78 is 38.4. The van der Waals surface area contributed by atoms with Crippen molar-refractivity contribution >= 4 is 0 Å². The SMILES string of the molecule is CC(C)C(C)C(N)c1cnccc1C(F)(F)F. The summed E-state index contributed by atoms with van der Waals surface area (Å²) in [7, 11) is 0. The van der Waals surface area contributed by atoms with Gasteiger partial charge in [0.25, 0.3) is 0 Å². The van der Waals surface area contributed by atoms with Crippen LogP contribution in [0.2, 0.25) is 0 Å². The molecule has 0 aliphatic carbocycles. The highest BCUT2D eigenvalue weighted by Crippen LogP contribution is 2.36. The van der Waals surface area contributed by atoms with E-state index in [0.29, 0.717) is 0 Å². The van der Waals surface area contributed by atoms with Crippen LogP contribution in [0.15, 0.2) is 18.5 Å². The summed E-state index contributed by atoms with van der Waals surface area (Å²) in [5.41, 5.74) is 5.28. The zero-order valence-electron chi connectivity index (χ0n) is 10.1. The van der Waals surface area contributed by atoms with Crippen molar-refractivity contribution in [2.24, 2.45) is 17.6 Å². The molecular weight excluding hydrogens is 229 g/mol. The molecule has 96 valence electrons. The van der Waals surface area contributed by atoms with E-state index < -0.39 is 17.8 Å². The molecule has 2 atom stereocenters. The summed E-state index contributed by atoms with van der Waals surface area (Å²) in [5.74, 6) is 0.173. The molecule has 0 aliphatic heterocycles. The van der Waals surface area contributed by atoms with E-state index >= 15 is 0 Å². The smallest absolute Gasteiger partial charge is 0.324 e. The van der Waals surface area contributed by atoms with Crippen molar-refractivity contribution in [3.8, 4) is 0 Å². The van der Waals surface area contributed by atoms with Crippen LogP contribution in [0.5, 0.6) is 0 Å². The Kier molecular flexibility index (Phi) is 4.14. The molecular formula is C12H17F3N2. The summed E-state index contributed by atoms with van der Waals surface area (Å²) in [5, 5.41) is 0. The van der Waals surface area contributed by atoms with Crippen molar-refractivity contribution in [3.63, 3.8) is 0 Å². The molecule has 0 fully saturated rings. The largest absolute Gasteiger partial charge is 0.416 e. The van der Waals surface area contributed by atoms with Crippen LogP contribution < -0.4 is 5.73 Å². The lowest BCUT2D eigenvalue weighted by atomic mass is 9.85. The van der Waals surface area contributed by atoms with Crippen molar-refractivity contribution in [1.29, 1.82) is 0 Å². The summed E-state index contributed by atoms with van der Waals surface area (Å²) in [6.45, 7) is 5.73. The first-order valence-electron chi connectivity index (χ1n) is 5.51. The van der Waals surface area contributed by atoms with Crippen LogP contribution >= 0.6 is 0 Å². The van der Waals surface area contributed by atoms with Gasteiger partial charge in [0.1, 0.15) is 0 Å². The van der Waals surface area contributed by atoms with Gasteiger partial charge in [0.15, 0.2) is 0 Å². The van der Waals surface area contributed by atoms with Crippen molar-refractivity contribution in [3.05, 3.63) is 29.6 Å². The molecule has 1 aromatic heterocycles. The molecule has 5 heteroatoms. The first kappa shape index (κ1) is 14.0. The van der Waals surface area contributed by atoms with Gasteiger partial charge in [0.05, 0.1) is 5.56 Å². The van der Waals surface area contributed by atoms with E-state index in [-0.39, 0.29) is 17.4 Å². The molecule has 0 aliphatic rings. The van der Waals surface area contributed by atoms with E-state index in [4.69, 9.17) is 5.73 Å². The van der Waals surface area contributed by atoms with Gasteiger partial charge in [-0.05, 0) is 23.5 Å². The fourth-order valence-corrected chi connectivity index (χ4v) is 1.63. The molecule has 1 rings (SSSR count). The lowest BCUT2D eigenvalue weighted by Crippen LogP contribution is -2.26. The van der Waals surface area contributed by atoms with Gasteiger partial charge in [0.2, 0.25) is 0 Å². The second kappa shape index (κ2) is 5.04. The van der Waals surface area contributed by atoms with Gasteiger partial charge in [0, 0.05) is 18.4 Å². The van der Waals surface area contributed by atoms with Crippen molar-refractivity contribution in [1.82, 2.24) is 4.98 Å². The Labute approximate surface area is 99.0 Å². The Morgan fingerprint density at radius 3 is 2.29 bits per heavy atom. The van der Waals surface area contributed by atoms with E-state index in [1.165, 1.54) is 6.20 Å². The average Bonchev–Trinajstić information content (AvgIpc) is 2.25. The third-order valence-electron chi connectivity index (χ3n) is 3.13. The molecule has 0 bridgehead atoms. The van der Waals surface area contributed by atoms with E-state index in [2.05, 4.69) is 4.98 Å². The molecule has 2 nitrogen and oxygen atoms in total. The maximum atomic E-state index is 12.8. The molecule has 17 heavy (non-hydrogen) atoms. The Hall–Kier alpha value is -1.10. The maximum absolute atomic E-state index is 12.8. The molecule has 2 N–H and O–H groups in total. The van der Waals surface area contributed by atoms with Gasteiger partial charge in [-0.2, -0.15) is 13.2 Å². The standard InChI is InChI=1S/C12H17F3N2/c1-7(2)8(3)11(16)9-6-17-5-4-10(9)12(13,14)15/h4-8,11H,16H2,1-3H3. The summed E-state index contributed by atoms with van der Waals surface area (Å²) >= 11 is 0. The normalized spacial score (nSPS) is 16.0. The van der Waals surface area contributed by atoms with E-state index in [1.54, 1.807) is 0 Å². The third-order valence-corrected chi connectivity index (χ3v) is 3.13. The monoisotopic (exact) mass is 246 g/mol. The van der Waals surface area contributed by atoms with Crippen molar-refractivity contribution in [2.45, 2.75) is 33.0 Å². The number of hydrogen-bond donors (Lipinski definition) is 1. The van der Waals surface area contributed by atoms with Gasteiger partial charge >= 0.3 is 6.18 Å². The van der Waals surface area contributed by atoms with Crippen LogP contribution in [-0.2, 0) is 6.18 Å². The maximum Gasteiger partial charge on any atom is 0.416 e. The van der Waals surface area contributed by atoms with Gasteiger partial charge < -0.3 is 5.73 Å². The predicted molar refractivity (Wildman–Crippen MR) is 60.2 cm³/mol. The molecule has 0 saturated heterocycles. The van der Waals surface area contributed by atoms with E-state index in [1.807, 2.05) is 20.8 Å². The summed E-state index contributed by atoms with van der Waals surface area (Å²) in [4.78, 5) is 3.74. The Bertz CT molecular complexity index is 374. The molecule has 2 unspecified atom stereocenters. The van der Waals surface area contributed by atoms with Crippen LogP contribution in [0.25, 0.3) is 0 Å². The fourth-order valence-electron chi connectivity index (χ4n) is 1.63. The molecule has 0 saturated carbocycles. The zero-order chi connectivity index (χ0) is 13.2. The zero-order valence-corrected chi connectivity index (χ0v) is 10.1. The molecule has 0 aromatic carbocycles. The predicted octanol–water partition coefficient (Wildman–Crippen LogP) is 3.39. The quantitative estimate of drug-likeness (QED) is 0.887. The summed E-state index contributed by atoms with van der Waals surface area (Å²) in [6.07, 6.45) is -2.03. The summed E-state index contributed by atoms with van der Waals surface area (Å²) in [6, 6.07) is 0.322. The number of pyridine rings is 1. The number of alkyl halides is 3.